The molecule has 1 fully saturated rings. The number of hydrogen-bond donors (Lipinski definition) is 2. The summed E-state index contributed by atoms with van der Waals surface area (Å²) in [6.07, 6.45) is 0.392. The fourth-order valence-electron chi connectivity index (χ4n) is 2.70. The second-order valence-corrected chi connectivity index (χ2v) is 6.53. The molecule has 2 atom stereocenters. The van der Waals surface area contributed by atoms with Gasteiger partial charge in [0.05, 0.1) is 23.3 Å². The predicted octanol–water partition coefficient (Wildman–Crippen LogP) is 2.34. The van der Waals surface area contributed by atoms with Crippen molar-refractivity contribution in [3.05, 3.63) is 29.8 Å². The molecule has 136 valence electrons. The predicted molar refractivity (Wildman–Crippen MR) is 84.3 cm³/mol. The highest BCUT2D eigenvalue weighted by Crippen LogP contribution is 2.40. The zero-order valence-corrected chi connectivity index (χ0v) is 13.8. The largest absolute Gasteiger partial charge is 0.392 e. The Balaban J connectivity index is 1.76. The first-order valence-electron chi connectivity index (χ1n) is 8.18. The second-order valence-electron chi connectivity index (χ2n) is 6.53. The van der Waals surface area contributed by atoms with Crippen LogP contribution in [-0.4, -0.2) is 26.5 Å². The molecular formula is C16H20F3N5O. The quantitative estimate of drug-likeness (QED) is 0.833. The number of nitrogens with zero attached hydrogens (tertiary/aromatic N) is 3. The molecule has 0 aliphatic heterocycles. The summed E-state index contributed by atoms with van der Waals surface area (Å²) in [5.74, 6) is -1.64. The summed E-state index contributed by atoms with van der Waals surface area (Å²) in [5, 5.41) is 2.72. The SMILES string of the molecule is CC(CC(=O)NC(c1ccn2cc(CN)nc2n1)C1CC1)C(F)(F)F. The van der Waals surface area contributed by atoms with Crippen molar-refractivity contribution in [3.63, 3.8) is 0 Å². The normalized spacial score (nSPS) is 17.5. The Labute approximate surface area is 142 Å². The molecule has 3 rings (SSSR count). The van der Waals surface area contributed by atoms with Gasteiger partial charge in [0.15, 0.2) is 0 Å². The summed E-state index contributed by atoms with van der Waals surface area (Å²) >= 11 is 0. The van der Waals surface area contributed by atoms with Crippen LogP contribution >= 0.6 is 0 Å². The third-order valence-electron chi connectivity index (χ3n) is 4.39. The molecule has 2 heterocycles. The molecule has 0 spiro atoms. The molecule has 2 aromatic heterocycles. The minimum atomic E-state index is -4.38. The molecule has 9 heteroatoms. The van der Waals surface area contributed by atoms with Gasteiger partial charge in [0, 0.05) is 25.4 Å². The minimum absolute atomic E-state index is 0.198. The first-order valence-corrected chi connectivity index (χ1v) is 8.18. The third-order valence-corrected chi connectivity index (χ3v) is 4.39. The molecule has 1 saturated carbocycles. The number of nitrogens with two attached hydrogens (primary N) is 1. The Morgan fingerprint density at radius 2 is 2.16 bits per heavy atom. The van der Waals surface area contributed by atoms with Gasteiger partial charge in [-0.2, -0.15) is 13.2 Å². The molecule has 3 N–H and O–H groups in total. The summed E-state index contributed by atoms with van der Waals surface area (Å²) in [6, 6.07) is 1.36. The van der Waals surface area contributed by atoms with E-state index in [1.54, 1.807) is 22.9 Å². The third kappa shape index (κ3) is 4.09. The van der Waals surface area contributed by atoms with E-state index >= 15 is 0 Å². The number of alkyl halides is 3. The van der Waals surface area contributed by atoms with E-state index in [9.17, 15) is 18.0 Å². The van der Waals surface area contributed by atoms with Gasteiger partial charge in [-0.1, -0.05) is 6.92 Å². The van der Waals surface area contributed by atoms with E-state index in [0.29, 0.717) is 17.2 Å². The van der Waals surface area contributed by atoms with Crippen LogP contribution in [0.2, 0.25) is 0 Å². The van der Waals surface area contributed by atoms with Gasteiger partial charge in [-0.05, 0) is 24.8 Å². The number of hydrogen-bond acceptors (Lipinski definition) is 4. The molecule has 25 heavy (non-hydrogen) atoms. The van der Waals surface area contributed by atoms with Crippen LogP contribution in [-0.2, 0) is 11.3 Å². The molecule has 0 aromatic carbocycles. The molecule has 0 saturated heterocycles. The number of fused-ring (bicyclic) bond motifs is 1. The van der Waals surface area contributed by atoms with Crippen molar-refractivity contribution in [2.45, 2.75) is 44.9 Å². The zero-order valence-electron chi connectivity index (χ0n) is 13.8. The molecule has 2 unspecified atom stereocenters. The Hall–Kier alpha value is -2.16. The monoisotopic (exact) mass is 355 g/mol. The van der Waals surface area contributed by atoms with Crippen molar-refractivity contribution in [3.8, 4) is 0 Å². The standard InChI is InChI=1S/C16H20F3N5O/c1-9(16(17,18)19)6-13(25)23-14(10-2-3-10)12-4-5-24-8-11(7-20)21-15(24)22-12/h4-5,8-10,14H,2-3,6-7,20H2,1H3,(H,23,25). The van der Waals surface area contributed by atoms with E-state index in [1.165, 1.54) is 0 Å². The van der Waals surface area contributed by atoms with Gasteiger partial charge in [-0.25, -0.2) is 9.97 Å². The molecule has 1 aliphatic carbocycles. The lowest BCUT2D eigenvalue weighted by Gasteiger charge is -2.20. The maximum absolute atomic E-state index is 12.6. The highest BCUT2D eigenvalue weighted by molar-refractivity contribution is 5.76. The smallest absolute Gasteiger partial charge is 0.347 e. The Bertz CT molecular complexity index is 769. The average molecular weight is 355 g/mol. The van der Waals surface area contributed by atoms with E-state index in [-0.39, 0.29) is 12.5 Å². The summed E-state index contributed by atoms with van der Waals surface area (Å²) in [4.78, 5) is 20.8. The lowest BCUT2D eigenvalue weighted by atomic mass is 10.0. The van der Waals surface area contributed by atoms with Crippen molar-refractivity contribution in [1.82, 2.24) is 19.7 Å². The van der Waals surface area contributed by atoms with Crippen LogP contribution in [0.1, 0.15) is 43.6 Å². The summed E-state index contributed by atoms with van der Waals surface area (Å²) in [5.41, 5.74) is 6.86. The van der Waals surface area contributed by atoms with Gasteiger partial charge in [-0.15, -0.1) is 0 Å². The number of rotatable bonds is 6. The average Bonchev–Trinajstić information content (AvgIpc) is 3.29. The summed E-state index contributed by atoms with van der Waals surface area (Å²) in [6.45, 7) is 1.30. The molecule has 2 aromatic rings. The zero-order chi connectivity index (χ0) is 18.2. The first kappa shape index (κ1) is 17.7. The topological polar surface area (TPSA) is 85.3 Å². The minimum Gasteiger partial charge on any atom is -0.347 e. The van der Waals surface area contributed by atoms with E-state index < -0.39 is 30.5 Å². The van der Waals surface area contributed by atoms with Crippen LogP contribution in [0.3, 0.4) is 0 Å². The van der Waals surface area contributed by atoms with Crippen LogP contribution in [0.5, 0.6) is 0 Å². The van der Waals surface area contributed by atoms with Crippen molar-refractivity contribution >= 4 is 11.7 Å². The number of imidazole rings is 1. The molecule has 1 aliphatic rings. The van der Waals surface area contributed by atoms with E-state index in [4.69, 9.17) is 5.73 Å². The summed E-state index contributed by atoms with van der Waals surface area (Å²) in [7, 11) is 0. The van der Waals surface area contributed by atoms with Gasteiger partial charge in [0.2, 0.25) is 11.7 Å². The summed E-state index contributed by atoms with van der Waals surface area (Å²) < 4.78 is 39.6. The van der Waals surface area contributed by atoms with Crippen LogP contribution in [0.25, 0.3) is 5.78 Å². The highest BCUT2D eigenvalue weighted by Gasteiger charge is 2.39. The van der Waals surface area contributed by atoms with E-state index in [1.807, 2.05) is 0 Å². The van der Waals surface area contributed by atoms with Crippen LogP contribution in [0.4, 0.5) is 13.2 Å². The molecule has 6 nitrogen and oxygen atoms in total. The Kier molecular flexibility index (Phi) is 4.68. The second kappa shape index (κ2) is 6.62. The maximum atomic E-state index is 12.6. The van der Waals surface area contributed by atoms with Crippen molar-refractivity contribution in [2.75, 3.05) is 0 Å². The van der Waals surface area contributed by atoms with Gasteiger partial charge in [0.25, 0.3) is 0 Å². The Morgan fingerprint density at radius 3 is 2.76 bits per heavy atom. The van der Waals surface area contributed by atoms with E-state index in [0.717, 1.165) is 19.8 Å². The van der Waals surface area contributed by atoms with Crippen LogP contribution in [0.15, 0.2) is 18.5 Å². The first-order chi connectivity index (χ1) is 11.8. The van der Waals surface area contributed by atoms with Gasteiger partial charge >= 0.3 is 6.18 Å². The fourth-order valence-corrected chi connectivity index (χ4v) is 2.70. The lowest BCUT2D eigenvalue weighted by molar-refractivity contribution is -0.174. The number of amides is 1. The number of aromatic nitrogens is 3. The van der Waals surface area contributed by atoms with Crippen LogP contribution < -0.4 is 11.1 Å². The van der Waals surface area contributed by atoms with Crippen molar-refractivity contribution < 1.29 is 18.0 Å². The van der Waals surface area contributed by atoms with Gasteiger partial charge in [-0.3, -0.25) is 9.20 Å². The number of carbonyl (C=O) groups excluding carboxylic acids is 1. The highest BCUT2D eigenvalue weighted by atomic mass is 19.4. The number of halogens is 3. The van der Waals surface area contributed by atoms with Gasteiger partial charge < -0.3 is 11.1 Å². The number of nitrogens with one attached hydrogen (secondary N) is 1. The molecular weight excluding hydrogens is 335 g/mol. The molecule has 1 amide bonds. The maximum Gasteiger partial charge on any atom is 0.392 e. The van der Waals surface area contributed by atoms with Gasteiger partial charge in [0.1, 0.15) is 0 Å². The lowest BCUT2D eigenvalue weighted by Crippen LogP contribution is -2.34. The van der Waals surface area contributed by atoms with Crippen molar-refractivity contribution in [2.24, 2.45) is 17.6 Å². The number of carbonyl (C=O) groups is 1. The van der Waals surface area contributed by atoms with Crippen LogP contribution in [0, 0.1) is 11.8 Å². The molecule has 0 radical (unpaired) electrons. The van der Waals surface area contributed by atoms with Crippen molar-refractivity contribution in [1.29, 1.82) is 0 Å². The van der Waals surface area contributed by atoms with E-state index in [2.05, 4.69) is 15.3 Å². The fraction of sp³-hybridized carbons (Fsp3) is 0.562. The Morgan fingerprint density at radius 1 is 1.44 bits per heavy atom. The molecule has 0 bridgehead atoms.